The number of nitrogens with zero attached hydrogens (tertiary/aromatic N) is 8. The third kappa shape index (κ3) is 6.30. The number of carbonyl (C=O) groups excluding carboxylic acids is 2. The number of hydrogen-bond donors (Lipinski definition) is 1. The smallest absolute Gasteiger partial charge is 0.252 e. The number of hydrogen-bond acceptors (Lipinski definition) is 8. The van der Waals surface area contributed by atoms with Crippen LogP contribution in [0.15, 0.2) is 18.3 Å². The molecular weight excluding hydrogens is 458 g/mol. The molecule has 11 heteroatoms. The average Bonchev–Trinajstić information content (AvgIpc) is 3.31. The molecule has 0 atom stereocenters. The molecule has 194 valence electrons. The van der Waals surface area contributed by atoms with Gasteiger partial charge in [-0.25, -0.2) is 4.98 Å². The number of likely N-dealkylation sites (tertiary alicyclic amines) is 1. The fourth-order valence-corrected chi connectivity index (χ4v) is 4.81. The molecule has 2 fully saturated rings. The molecule has 2 amide bonds. The lowest BCUT2D eigenvalue weighted by Gasteiger charge is -2.37. The SMILES string of the molecule is CN1CCN(C(=O)C2CCN(CC(=O)NN(CC(C)(C)C)c3cc(C#N)nc4ccnn34)CC2)CC1. The van der Waals surface area contributed by atoms with E-state index in [4.69, 9.17) is 0 Å². The lowest BCUT2D eigenvalue weighted by Crippen LogP contribution is -2.53. The zero-order valence-electron chi connectivity index (χ0n) is 21.8. The summed E-state index contributed by atoms with van der Waals surface area (Å²) in [7, 11) is 2.09. The van der Waals surface area contributed by atoms with E-state index in [2.05, 4.69) is 59.2 Å². The van der Waals surface area contributed by atoms with Gasteiger partial charge in [-0.1, -0.05) is 20.8 Å². The molecule has 2 aliphatic heterocycles. The first-order valence-corrected chi connectivity index (χ1v) is 12.6. The molecule has 0 spiro atoms. The van der Waals surface area contributed by atoms with Gasteiger partial charge in [-0.2, -0.15) is 14.9 Å². The van der Waals surface area contributed by atoms with Gasteiger partial charge in [0.25, 0.3) is 5.91 Å². The summed E-state index contributed by atoms with van der Waals surface area (Å²) in [4.78, 5) is 36.7. The molecule has 2 saturated heterocycles. The van der Waals surface area contributed by atoms with Crippen molar-refractivity contribution in [1.82, 2.24) is 34.7 Å². The number of aromatic nitrogens is 3. The summed E-state index contributed by atoms with van der Waals surface area (Å²) in [6, 6.07) is 5.46. The minimum Gasteiger partial charge on any atom is -0.340 e. The second kappa shape index (κ2) is 10.8. The monoisotopic (exact) mass is 495 g/mol. The van der Waals surface area contributed by atoms with Crippen LogP contribution in [0.3, 0.4) is 0 Å². The van der Waals surface area contributed by atoms with Crippen molar-refractivity contribution in [3.05, 3.63) is 24.0 Å². The quantitative estimate of drug-likeness (QED) is 0.590. The Kier molecular flexibility index (Phi) is 7.76. The van der Waals surface area contributed by atoms with E-state index in [-0.39, 0.29) is 35.4 Å². The van der Waals surface area contributed by atoms with Gasteiger partial charge in [-0.15, -0.1) is 0 Å². The molecule has 36 heavy (non-hydrogen) atoms. The van der Waals surface area contributed by atoms with Crippen LogP contribution in [0.4, 0.5) is 5.82 Å². The van der Waals surface area contributed by atoms with Crippen molar-refractivity contribution in [2.45, 2.75) is 33.6 Å². The summed E-state index contributed by atoms with van der Waals surface area (Å²) in [5.41, 5.74) is 3.71. The molecule has 0 unspecified atom stereocenters. The van der Waals surface area contributed by atoms with E-state index in [0.717, 1.165) is 39.0 Å². The molecule has 2 aromatic heterocycles. The van der Waals surface area contributed by atoms with E-state index in [1.165, 1.54) is 0 Å². The van der Waals surface area contributed by atoms with E-state index in [0.29, 0.717) is 31.1 Å². The Morgan fingerprint density at radius 1 is 1.17 bits per heavy atom. The lowest BCUT2D eigenvalue weighted by atomic mass is 9.95. The van der Waals surface area contributed by atoms with Crippen molar-refractivity contribution < 1.29 is 9.59 Å². The molecule has 11 nitrogen and oxygen atoms in total. The highest BCUT2D eigenvalue weighted by Gasteiger charge is 2.31. The zero-order chi connectivity index (χ0) is 25.9. The molecule has 0 radical (unpaired) electrons. The van der Waals surface area contributed by atoms with Gasteiger partial charge < -0.3 is 9.80 Å². The van der Waals surface area contributed by atoms with Gasteiger partial charge in [-0.05, 0) is 38.4 Å². The van der Waals surface area contributed by atoms with E-state index in [1.807, 2.05) is 4.90 Å². The van der Waals surface area contributed by atoms with Gasteiger partial charge in [0, 0.05) is 50.8 Å². The van der Waals surface area contributed by atoms with Gasteiger partial charge >= 0.3 is 0 Å². The van der Waals surface area contributed by atoms with Crippen LogP contribution in [-0.2, 0) is 9.59 Å². The van der Waals surface area contributed by atoms with Gasteiger partial charge in [0.05, 0.1) is 12.7 Å². The third-order valence-electron chi connectivity index (χ3n) is 6.74. The first-order chi connectivity index (χ1) is 17.1. The van der Waals surface area contributed by atoms with Crippen LogP contribution in [0.5, 0.6) is 0 Å². The first-order valence-electron chi connectivity index (χ1n) is 12.6. The van der Waals surface area contributed by atoms with E-state index in [1.54, 1.807) is 27.9 Å². The van der Waals surface area contributed by atoms with Crippen molar-refractivity contribution in [2.75, 3.05) is 64.4 Å². The van der Waals surface area contributed by atoms with Crippen molar-refractivity contribution in [3.63, 3.8) is 0 Å². The highest BCUT2D eigenvalue weighted by molar-refractivity contribution is 5.80. The number of anilines is 1. The number of nitrogens with one attached hydrogen (secondary N) is 1. The van der Waals surface area contributed by atoms with Crippen molar-refractivity contribution >= 4 is 23.3 Å². The maximum Gasteiger partial charge on any atom is 0.252 e. The van der Waals surface area contributed by atoms with Crippen LogP contribution in [0, 0.1) is 22.7 Å². The molecule has 0 bridgehead atoms. The number of nitriles is 1. The molecule has 0 aromatic carbocycles. The second-order valence-corrected chi connectivity index (χ2v) is 11.1. The molecule has 0 aliphatic carbocycles. The summed E-state index contributed by atoms with van der Waals surface area (Å²) < 4.78 is 1.63. The Labute approximate surface area is 212 Å². The molecule has 2 aromatic rings. The van der Waals surface area contributed by atoms with Crippen LogP contribution in [0.25, 0.3) is 5.65 Å². The van der Waals surface area contributed by atoms with Crippen LogP contribution in [0.1, 0.15) is 39.3 Å². The minimum absolute atomic E-state index is 0.0411. The maximum absolute atomic E-state index is 13.1. The van der Waals surface area contributed by atoms with Crippen LogP contribution in [-0.4, -0.2) is 101 Å². The summed E-state index contributed by atoms with van der Waals surface area (Å²) in [5, 5.41) is 15.5. The van der Waals surface area contributed by atoms with Crippen LogP contribution in [0.2, 0.25) is 0 Å². The predicted molar refractivity (Wildman–Crippen MR) is 136 cm³/mol. The predicted octanol–water partition coefficient (Wildman–Crippen LogP) is 0.971. The van der Waals surface area contributed by atoms with Crippen LogP contribution < -0.4 is 10.4 Å². The Morgan fingerprint density at radius 2 is 1.86 bits per heavy atom. The molecule has 1 N–H and O–H groups in total. The Hall–Kier alpha value is -3.23. The molecular formula is C25H37N9O2. The molecule has 0 saturated carbocycles. The number of fused-ring (bicyclic) bond motifs is 1. The van der Waals surface area contributed by atoms with Crippen molar-refractivity contribution in [1.29, 1.82) is 5.26 Å². The standard InChI is InChI=1S/C25H37N9O2/c1-25(2,3)18-33(23-15-20(16-26)28-21-5-8-27-34(21)23)29-22(35)17-31-9-6-19(7-10-31)24(36)32-13-11-30(4)12-14-32/h5,8,15,19H,6-7,9-14,17-18H2,1-4H3,(H,29,35). The lowest BCUT2D eigenvalue weighted by molar-refractivity contribution is -0.138. The summed E-state index contributed by atoms with van der Waals surface area (Å²) in [6.45, 7) is 11.9. The maximum atomic E-state index is 13.1. The highest BCUT2D eigenvalue weighted by Crippen LogP contribution is 2.23. The number of piperidine rings is 1. The molecule has 4 heterocycles. The molecule has 2 aliphatic rings. The minimum atomic E-state index is -0.140. The summed E-state index contributed by atoms with van der Waals surface area (Å²) >= 11 is 0. The summed E-state index contributed by atoms with van der Waals surface area (Å²) in [5.74, 6) is 0.747. The van der Waals surface area contributed by atoms with Crippen molar-refractivity contribution in [3.8, 4) is 6.07 Å². The fourth-order valence-electron chi connectivity index (χ4n) is 4.81. The fraction of sp³-hybridized carbons (Fsp3) is 0.640. The highest BCUT2D eigenvalue weighted by atomic mass is 16.2. The average molecular weight is 496 g/mol. The van der Waals surface area contributed by atoms with Gasteiger partial charge in [0.1, 0.15) is 11.8 Å². The zero-order valence-corrected chi connectivity index (χ0v) is 21.8. The number of rotatable bonds is 6. The van der Waals surface area contributed by atoms with E-state index < -0.39 is 0 Å². The van der Waals surface area contributed by atoms with Gasteiger partial charge in [-0.3, -0.25) is 24.9 Å². The number of likely N-dealkylation sites (N-methyl/N-ethyl adjacent to an activating group) is 1. The normalized spacial score (nSPS) is 18.2. The van der Waals surface area contributed by atoms with E-state index >= 15 is 0 Å². The van der Waals surface area contributed by atoms with Crippen molar-refractivity contribution in [2.24, 2.45) is 11.3 Å². The topological polar surface area (TPSA) is 113 Å². The number of carbonyl (C=O) groups is 2. The number of amides is 2. The Bertz CT molecular complexity index is 1120. The van der Waals surface area contributed by atoms with Gasteiger partial charge in [0.2, 0.25) is 5.91 Å². The van der Waals surface area contributed by atoms with Gasteiger partial charge in [0.15, 0.2) is 11.5 Å². The summed E-state index contributed by atoms with van der Waals surface area (Å²) in [6.07, 6.45) is 3.17. The molecule has 4 rings (SSSR count). The largest absolute Gasteiger partial charge is 0.340 e. The number of piperazine rings is 1. The van der Waals surface area contributed by atoms with E-state index in [9.17, 15) is 14.9 Å². The Morgan fingerprint density at radius 3 is 2.50 bits per heavy atom. The second-order valence-electron chi connectivity index (χ2n) is 11.1. The third-order valence-corrected chi connectivity index (χ3v) is 6.74. The Balaban J connectivity index is 1.38. The first kappa shape index (κ1) is 25.9. The van der Waals surface area contributed by atoms with Crippen LogP contribution >= 0.6 is 0 Å². The number of hydrazine groups is 1.